The normalized spacial score (nSPS) is 24.3. The van der Waals surface area contributed by atoms with E-state index in [1.54, 1.807) is 10.9 Å². The lowest BCUT2D eigenvalue weighted by molar-refractivity contribution is 0.0521. The van der Waals surface area contributed by atoms with E-state index in [0.29, 0.717) is 11.5 Å². The summed E-state index contributed by atoms with van der Waals surface area (Å²) >= 11 is 0. The summed E-state index contributed by atoms with van der Waals surface area (Å²) in [5, 5.41) is 4.35. The lowest BCUT2D eigenvalue weighted by atomic mass is 9.75. The molecule has 1 amide bonds. The number of carbonyl (C=O) groups is 1. The van der Waals surface area contributed by atoms with Gasteiger partial charge in [-0.1, -0.05) is 37.5 Å². The van der Waals surface area contributed by atoms with Crippen molar-refractivity contribution in [1.29, 1.82) is 0 Å². The molecular weight excluding hydrogens is 286 g/mol. The number of likely N-dealkylation sites (tertiary alicyclic amines) is 1. The second-order valence-corrected chi connectivity index (χ2v) is 6.85. The van der Waals surface area contributed by atoms with Crippen molar-refractivity contribution in [3.63, 3.8) is 0 Å². The van der Waals surface area contributed by atoms with E-state index < -0.39 is 0 Å². The number of hydrogen-bond donors (Lipinski definition) is 0. The van der Waals surface area contributed by atoms with Crippen molar-refractivity contribution in [2.75, 3.05) is 13.1 Å². The van der Waals surface area contributed by atoms with Crippen molar-refractivity contribution in [2.45, 2.75) is 32.1 Å². The molecule has 2 aliphatic rings. The number of carbonyl (C=O) groups excluding carboxylic acids is 1. The topological polar surface area (TPSA) is 38.1 Å². The molecule has 2 aromatic rings. The quantitative estimate of drug-likeness (QED) is 0.851. The summed E-state index contributed by atoms with van der Waals surface area (Å²) in [5.41, 5.74) is 1.68. The molecular formula is C19H23N3O. The molecule has 120 valence electrons. The summed E-state index contributed by atoms with van der Waals surface area (Å²) in [6, 6.07) is 9.93. The fourth-order valence-electron chi connectivity index (χ4n) is 4.12. The number of para-hydroxylation sites is 1. The molecule has 0 bridgehead atoms. The first-order valence-electron chi connectivity index (χ1n) is 8.70. The maximum atomic E-state index is 12.8. The van der Waals surface area contributed by atoms with Crippen molar-refractivity contribution in [2.24, 2.45) is 11.8 Å². The average Bonchev–Trinajstić information content (AvgIpc) is 3.11. The SMILES string of the molecule is O=C(c1cnn(-c2ccccc2)c1)N1CC[C@@H]2CCCC[C@@H]2C1. The summed E-state index contributed by atoms with van der Waals surface area (Å²) < 4.78 is 1.78. The van der Waals surface area contributed by atoms with Gasteiger partial charge in [-0.05, 0) is 36.8 Å². The molecule has 1 saturated carbocycles. The minimum atomic E-state index is 0.135. The van der Waals surface area contributed by atoms with Crippen molar-refractivity contribution in [1.82, 2.24) is 14.7 Å². The number of fused-ring (bicyclic) bond motifs is 1. The first-order chi connectivity index (χ1) is 11.3. The van der Waals surface area contributed by atoms with E-state index in [-0.39, 0.29) is 5.91 Å². The predicted octanol–water partition coefficient (Wildman–Crippen LogP) is 3.52. The Bertz CT molecular complexity index is 679. The van der Waals surface area contributed by atoms with E-state index in [4.69, 9.17) is 0 Å². The molecule has 0 radical (unpaired) electrons. The highest BCUT2D eigenvalue weighted by atomic mass is 16.2. The number of aromatic nitrogens is 2. The molecule has 0 spiro atoms. The van der Waals surface area contributed by atoms with Gasteiger partial charge in [-0.15, -0.1) is 0 Å². The van der Waals surface area contributed by atoms with Crippen LogP contribution >= 0.6 is 0 Å². The highest BCUT2D eigenvalue weighted by Gasteiger charge is 2.33. The summed E-state index contributed by atoms with van der Waals surface area (Å²) in [5.74, 6) is 1.70. The van der Waals surface area contributed by atoms with Crippen molar-refractivity contribution >= 4 is 5.91 Å². The van der Waals surface area contributed by atoms with Gasteiger partial charge in [0.1, 0.15) is 0 Å². The van der Waals surface area contributed by atoms with Crippen LogP contribution in [0.25, 0.3) is 5.69 Å². The second kappa shape index (κ2) is 6.19. The molecule has 1 aliphatic carbocycles. The smallest absolute Gasteiger partial charge is 0.257 e. The van der Waals surface area contributed by atoms with Gasteiger partial charge in [0.2, 0.25) is 0 Å². The number of rotatable bonds is 2. The monoisotopic (exact) mass is 309 g/mol. The largest absolute Gasteiger partial charge is 0.338 e. The molecule has 2 atom stereocenters. The minimum Gasteiger partial charge on any atom is -0.338 e. The standard InChI is InChI=1S/C19H23N3O/c23-19(21-11-10-15-6-4-5-7-16(15)13-21)17-12-20-22(14-17)18-8-2-1-3-9-18/h1-3,8-9,12,14-16H,4-7,10-11,13H2/t15-,16+/m0/s1. The third-order valence-electron chi connectivity index (χ3n) is 5.43. The Labute approximate surface area is 137 Å². The van der Waals surface area contributed by atoms with Crippen LogP contribution in [0, 0.1) is 11.8 Å². The van der Waals surface area contributed by atoms with E-state index in [1.807, 2.05) is 41.4 Å². The highest BCUT2D eigenvalue weighted by Crippen LogP contribution is 2.36. The summed E-state index contributed by atoms with van der Waals surface area (Å²) in [7, 11) is 0. The van der Waals surface area contributed by atoms with E-state index in [0.717, 1.165) is 24.7 Å². The van der Waals surface area contributed by atoms with Crippen molar-refractivity contribution in [3.05, 3.63) is 48.3 Å². The van der Waals surface area contributed by atoms with E-state index in [1.165, 1.54) is 32.1 Å². The van der Waals surface area contributed by atoms with Gasteiger partial charge >= 0.3 is 0 Å². The molecule has 1 saturated heterocycles. The van der Waals surface area contributed by atoms with Crippen molar-refractivity contribution < 1.29 is 4.79 Å². The maximum absolute atomic E-state index is 12.8. The molecule has 2 heterocycles. The van der Waals surface area contributed by atoms with Gasteiger partial charge < -0.3 is 4.90 Å². The van der Waals surface area contributed by atoms with Gasteiger partial charge in [-0.25, -0.2) is 4.68 Å². The summed E-state index contributed by atoms with van der Waals surface area (Å²) in [6.07, 6.45) is 10.1. The lowest BCUT2D eigenvalue weighted by Crippen LogP contribution is -2.44. The molecule has 23 heavy (non-hydrogen) atoms. The number of hydrogen-bond acceptors (Lipinski definition) is 2. The molecule has 4 nitrogen and oxygen atoms in total. The summed E-state index contributed by atoms with van der Waals surface area (Å²) in [4.78, 5) is 14.8. The van der Waals surface area contributed by atoms with Crippen LogP contribution in [0.1, 0.15) is 42.5 Å². The summed E-state index contributed by atoms with van der Waals surface area (Å²) in [6.45, 7) is 1.83. The first-order valence-corrected chi connectivity index (χ1v) is 8.70. The Morgan fingerprint density at radius 3 is 2.65 bits per heavy atom. The molecule has 1 aromatic carbocycles. The highest BCUT2D eigenvalue weighted by molar-refractivity contribution is 5.93. The minimum absolute atomic E-state index is 0.135. The van der Waals surface area contributed by atoms with Crippen LogP contribution < -0.4 is 0 Å². The molecule has 0 N–H and O–H groups in total. The van der Waals surface area contributed by atoms with E-state index in [9.17, 15) is 4.79 Å². The van der Waals surface area contributed by atoms with Crippen LogP contribution in [0.5, 0.6) is 0 Å². The van der Waals surface area contributed by atoms with Gasteiger partial charge in [-0.3, -0.25) is 4.79 Å². The lowest BCUT2D eigenvalue weighted by Gasteiger charge is -2.41. The van der Waals surface area contributed by atoms with Crippen LogP contribution in [0.3, 0.4) is 0 Å². The number of amides is 1. The Morgan fingerprint density at radius 2 is 1.83 bits per heavy atom. The van der Waals surface area contributed by atoms with Crippen molar-refractivity contribution in [3.8, 4) is 5.69 Å². The number of benzene rings is 1. The van der Waals surface area contributed by atoms with Gasteiger partial charge in [-0.2, -0.15) is 5.10 Å². The Balaban J connectivity index is 1.48. The zero-order valence-electron chi connectivity index (χ0n) is 13.4. The van der Waals surface area contributed by atoms with Crippen LogP contribution in [0.2, 0.25) is 0 Å². The van der Waals surface area contributed by atoms with Crippen LogP contribution in [0.4, 0.5) is 0 Å². The number of nitrogens with zero attached hydrogens (tertiary/aromatic N) is 3. The Hall–Kier alpha value is -2.10. The maximum Gasteiger partial charge on any atom is 0.257 e. The molecule has 2 fully saturated rings. The Morgan fingerprint density at radius 1 is 1.04 bits per heavy atom. The fourth-order valence-corrected chi connectivity index (χ4v) is 4.12. The van der Waals surface area contributed by atoms with Gasteiger partial charge in [0, 0.05) is 19.3 Å². The molecule has 4 rings (SSSR count). The predicted molar refractivity (Wildman–Crippen MR) is 89.5 cm³/mol. The molecule has 1 aromatic heterocycles. The van der Waals surface area contributed by atoms with E-state index in [2.05, 4.69) is 5.10 Å². The Kier molecular flexibility index (Phi) is 3.90. The van der Waals surface area contributed by atoms with E-state index >= 15 is 0 Å². The average molecular weight is 309 g/mol. The third-order valence-corrected chi connectivity index (χ3v) is 5.43. The van der Waals surface area contributed by atoms with Gasteiger partial charge in [0.25, 0.3) is 5.91 Å². The second-order valence-electron chi connectivity index (χ2n) is 6.85. The third kappa shape index (κ3) is 2.90. The van der Waals surface area contributed by atoms with Gasteiger partial charge in [0.05, 0.1) is 17.4 Å². The van der Waals surface area contributed by atoms with Crippen LogP contribution in [-0.2, 0) is 0 Å². The number of piperidine rings is 1. The molecule has 1 aliphatic heterocycles. The van der Waals surface area contributed by atoms with Crippen LogP contribution in [-0.4, -0.2) is 33.7 Å². The van der Waals surface area contributed by atoms with Gasteiger partial charge in [0.15, 0.2) is 0 Å². The zero-order chi connectivity index (χ0) is 15.6. The fraction of sp³-hybridized carbons (Fsp3) is 0.474. The van der Waals surface area contributed by atoms with Crippen LogP contribution in [0.15, 0.2) is 42.7 Å². The molecule has 4 heteroatoms. The first kappa shape index (κ1) is 14.5. The molecule has 0 unspecified atom stereocenters. The zero-order valence-corrected chi connectivity index (χ0v) is 13.4.